The molecule has 214 valence electrons. The minimum atomic E-state index is -4.21. The van der Waals surface area contributed by atoms with Crippen molar-refractivity contribution in [2.24, 2.45) is 0 Å². The summed E-state index contributed by atoms with van der Waals surface area (Å²) in [5.41, 5.74) is 2.22. The molecule has 0 saturated carbocycles. The van der Waals surface area contributed by atoms with E-state index < -0.39 is 34.3 Å². The first kappa shape index (κ1) is 31.1. The molecular formula is C30H35ClFN3O4S. The van der Waals surface area contributed by atoms with Gasteiger partial charge in [0.2, 0.25) is 11.8 Å². The monoisotopic (exact) mass is 587 g/mol. The van der Waals surface area contributed by atoms with E-state index in [0.29, 0.717) is 16.1 Å². The van der Waals surface area contributed by atoms with Gasteiger partial charge in [0, 0.05) is 17.6 Å². The van der Waals surface area contributed by atoms with E-state index in [2.05, 4.69) is 5.32 Å². The van der Waals surface area contributed by atoms with Crippen LogP contribution in [-0.4, -0.2) is 43.8 Å². The number of rotatable bonds is 11. The molecule has 40 heavy (non-hydrogen) atoms. The van der Waals surface area contributed by atoms with Crippen molar-refractivity contribution in [2.75, 3.05) is 10.8 Å². The molecule has 0 saturated heterocycles. The molecule has 3 aromatic carbocycles. The van der Waals surface area contributed by atoms with Crippen molar-refractivity contribution in [1.29, 1.82) is 0 Å². The Morgan fingerprint density at radius 3 is 2.17 bits per heavy atom. The summed E-state index contributed by atoms with van der Waals surface area (Å²) in [5.74, 6) is -1.39. The zero-order valence-electron chi connectivity index (χ0n) is 23.3. The number of nitrogens with zero attached hydrogens (tertiary/aromatic N) is 2. The number of sulfonamides is 1. The number of anilines is 1. The van der Waals surface area contributed by atoms with E-state index in [1.165, 1.54) is 41.3 Å². The molecular weight excluding hydrogens is 553 g/mol. The van der Waals surface area contributed by atoms with Crippen LogP contribution >= 0.6 is 11.6 Å². The maximum atomic E-state index is 14.0. The molecule has 0 fully saturated rings. The third kappa shape index (κ3) is 7.40. The number of nitrogens with one attached hydrogen (secondary N) is 1. The molecule has 0 unspecified atom stereocenters. The Labute approximate surface area is 241 Å². The molecule has 0 aliphatic carbocycles. The lowest BCUT2D eigenvalue weighted by atomic mass is 10.1. The topological polar surface area (TPSA) is 86.8 Å². The van der Waals surface area contributed by atoms with Crippen molar-refractivity contribution >= 4 is 39.1 Å². The first-order valence-electron chi connectivity index (χ1n) is 13.0. The second-order valence-corrected chi connectivity index (χ2v) is 12.2. The van der Waals surface area contributed by atoms with Gasteiger partial charge in [0.15, 0.2) is 0 Å². The Kier molecular flexibility index (Phi) is 10.3. The number of carbonyl (C=O) groups excluding carboxylic acids is 2. The van der Waals surface area contributed by atoms with E-state index in [1.807, 2.05) is 20.8 Å². The van der Waals surface area contributed by atoms with Crippen molar-refractivity contribution < 1.29 is 22.4 Å². The lowest BCUT2D eigenvalue weighted by Gasteiger charge is -2.34. The highest BCUT2D eigenvalue weighted by molar-refractivity contribution is 7.92. The smallest absolute Gasteiger partial charge is 0.264 e. The van der Waals surface area contributed by atoms with Crippen LogP contribution in [0, 0.1) is 19.7 Å². The van der Waals surface area contributed by atoms with E-state index in [0.717, 1.165) is 9.87 Å². The van der Waals surface area contributed by atoms with Gasteiger partial charge in [-0.05, 0) is 81.6 Å². The van der Waals surface area contributed by atoms with Gasteiger partial charge in [-0.1, -0.05) is 54.4 Å². The molecule has 0 spiro atoms. The van der Waals surface area contributed by atoms with Gasteiger partial charge in [-0.2, -0.15) is 0 Å². The molecule has 0 aromatic heterocycles. The molecule has 0 aliphatic heterocycles. The third-order valence-electron chi connectivity index (χ3n) is 6.48. The van der Waals surface area contributed by atoms with Gasteiger partial charge in [0.05, 0.1) is 10.6 Å². The molecule has 0 aliphatic rings. The number of halogens is 2. The summed E-state index contributed by atoms with van der Waals surface area (Å²) in [4.78, 5) is 28.6. The molecule has 7 nitrogen and oxygen atoms in total. The summed E-state index contributed by atoms with van der Waals surface area (Å²) in [7, 11) is -4.21. The van der Waals surface area contributed by atoms with Crippen LogP contribution in [-0.2, 0) is 26.2 Å². The number of carbonyl (C=O) groups is 2. The van der Waals surface area contributed by atoms with Crippen LogP contribution in [0.15, 0.2) is 71.6 Å². The molecule has 0 radical (unpaired) electrons. The van der Waals surface area contributed by atoms with Gasteiger partial charge in [-0.15, -0.1) is 0 Å². The standard InChI is InChI=1S/C30H35ClFN3O4S/c1-6-27(30(37)33-20(2)3)34(18-23-12-14-24(32)15-13-23)29(36)19-35(28-9-7-8-26(31)22(28)5)40(38,39)25-16-10-21(4)11-17-25/h7-17,20,27H,6,18-19H2,1-5H3,(H,33,37)/t27-/m1/s1. The fourth-order valence-electron chi connectivity index (χ4n) is 4.30. The van der Waals surface area contributed by atoms with Crippen molar-refractivity contribution in [3.8, 4) is 0 Å². The second kappa shape index (κ2) is 13.3. The summed E-state index contributed by atoms with van der Waals surface area (Å²) in [6, 6.07) is 15.8. The Balaban J connectivity index is 2.10. The number of hydrogen-bond donors (Lipinski definition) is 1. The third-order valence-corrected chi connectivity index (χ3v) is 8.66. The fourth-order valence-corrected chi connectivity index (χ4v) is 5.94. The predicted octanol–water partition coefficient (Wildman–Crippen LogP) is 5.62. The summed E-state index contributed by atoms with van der Waals surface area (Å²) in [5, 5.41) is 3.19. The normalized spacial score (nSPS) is 12.2. The molecule has 3 rings (SSSR count). The first-order chi connectivity index (χ1) is 18.8. The quantitative estimate of drug-likeness (QED) is 0.315. The zero-order chi connectivity index (χ0) is 29.6. The number of hydrogen-bond acceptors (Lipinski definition) is 4. The highest BCUT2D eigenvalue weighted by Gasteiger charge is 2.34. The van der Waals surface area contributed by atoms with E-state index in [9.17, 15) is 22.4 Å². The summed E-state index contributed by atoms with van der Waals surface area (Å²) in [6.45, 7) is 8.33. The minimum Gasteiger partial charge on any atom is -0.352 e. The maximum Gasteiger partial charge on any atom is 0.264 e. The van der Waals surface area contributed by atoms with Crippen LogP contribution in [0.5, 0.6) is 0 Å². The lowest BCUT2D eigenvalue weighted by molar-refractivity contribution is -0.140. The Hall–Kier alpha value is -3.43. The molecule has 3 aromatic rings. The Bertz CT molecular complexity index is 1440. The van der Waals surface area contributed by atoms with Crippen LogP contribution < -0.4 is 9.62 Å². The fraction of sp³-hybridized carbons (Fsp3) is 0.333. The first-order valence-corrected chi connectivity index (χ1v) is 14.9. The van der Waals surface area contributed by atoms with Gasteiger partial charge < -0.3 is 10.2 Å². The highest BCUT2D eigenvalue weighted by Crippen LogP contribution is 2.31. The van der Waals surface area contributed by atoms with Crippen molar-refractivity contribution in [3.05, 3.63) is 94.3 Å². The van der Waals surface area contributed by atoms with Crippen LogP contribution in [0.1, 0.15) is 43.9 Å². The number of aryl methyl sites for hydroxylation is 1. The van der Waals surface area contributed by atoms with Crippen LogP contribution in [0.3, 0.4) is 0 Å². The second-order valence-electron chi connectivity index (χ2n) is 9.94. The van der Waals surface area contributed by atoms with Crippen molar-refractivity contribution in [3.63, 3.8) is 0 Å². The SMILES string of the molecule is CC[C@H](C(=O)NC(C)C)N(Cc1ccc(F)cc1)C(=O)CN(c1cccc(Cl)c1C)S(=O)(=O)c1ccc(C)cc1. The van der Waals surface area contributed by atoms with Crippen LogP contribution in [0.2, 0.25) is 5.02 Å². The molecule has 1 N–H and O–H groups in total. The van der Waals surface area contributed by atoms with E-state index in [-0.39, 0.29) is 35.5 Å². The molecule has 0 heterocycles. The number of benzene rings is 3. The lowest BCUT2D eigenvalue weighted by Crippen LogP contribution is -2.53. The average molecular weight is 588 g/mol. The van der Waals surface area contributed by atoms with Crippen molar-refractivity contribution in [1.82, 2.24) is 10.2 Å². The van der Waals surface area contributed by atoms with Crippen LogP contribution in [0.4, 0.5) is 10.1 Å². The minimum absolute atomic E-state index is 0.0138. The van der Waals surface area contributed by atoms with Gasteiger partial charge in [0.25, 0.3) is 10.0 Å². The summed E-state index contributed by atoms with van der Waals surface area (Å²) in [6.07, 6.45) is 0.284. The Morgan fingerprint density at radius 1 is 0.975 bits per heavy atom. The maximum absolute atomic E-state index is 14.0. The molecule has 10 heteroatoms. The summed E-state index contributed by atoms with van der Waals surface area (Å²) < 4.78 is 42.6. The molecule has 1 atom stereocenters. The van der Waals surface area contributed by atoms with Crippen molar-refractivity contribution in [2.45, 2.75) is 64.6 Å². The highest BCUT2D eigenvalue weighted by atomic mass is 35.5. The zero-order valence-corrected chi connectivity index (χ0v) is 24.9. The largest absolute Gasteiger partial charge is 0.352 e. The van der Waals surface area contributed by atoms with Crippen LogP contribution in [0.25, 0.3) is 0 Å². The molecule has 0 bridgehead atoms. The summed E-state index contributed by atoms with van der Waals surface area (Å²) >= 11 is 6.36. The average Bonchev–Trinajstić information content (AvgIpc) is 2.89. The Morgan fingerprint density at radius 2 is 1.60 bits per heavy atom. The van der Waals surface area contributed by atoms with E-state index >= 15 is 0 Å². The van der Waals surface area contributed by atoms with Gasteiger partial charge in [-0.25, -0.2) is 12.8 Å². The van der Waals surface area contributed by atoms with E-state index in [1.54, 1.807) is 44.2 Å². The van der Waals surface area contributed by atoms with Gasteiger partial charge in [-0.3, -0.25) is 13.9 Å². The predicted molar refractivity (Wildman–Crippen MR) is 156 cm³/mol. The van der Waals surface area contributed by atoms with Gasteiger partial charge >= 0.3 is 0 Å². The molecule has 2 amide bonds. The van der Waals surface area contributed by atoms with Gasteiger partial charge in [0.1, 0.15) is 18.4 Å². The van der Waals surface area contributed by atoms with E-state index in [4.69, 9.17) is 11.6 Å². The number of amides is 2.